The summed E-state index contributed by atoms with van der Waals surface area (Å²) in [5.74, 6) is 0.851. The van der Waals surface area contributed by atoms with Crippen LogP contribution in [-0.4, -0.2) is 26.8 Å². The molecule has 0 unspecified atom stereocenters. The van der Waals surface area contributed by atoms with E-state index in [1.54, 1.807) is 39.4 Å². The van der Waals surface area contributed by atoms with Crippen LogP contribution in [0.2, 0.25) is 0 Å². The molecule has 0 saturated heterocycles. The summed E-state index contributed by atoms with van der Waals surface area (Å²) in [5, 5.41) is 0. The van der Waals surface area contributed by atoms with Gasteiger partial charge in [-0.25, -0.2) is 4.79 Å². The Labute approximate surface area is 115 Å². The summed E-state index contributed by atoms with van der Waals surface area (Å²) in [6.07, 6.45) is 1.67. The van der Waals surface area contributed by atoms with Gasteiger partial charge >= 0.3 is 5.97 Å². The summed E-state index contributed by atoms with van der Waals surface area (Å²) in [7, 11) is 3.13. The molecule has 0 aliphatic carbocycles. The molecule has 5 heteroatoms. The molecule has 0 fully saturated rings. The quantitative estimate of drug-likeness (QED) is 0.619. The van der Waals surface area contributed by atoms with Crippen LogP contribution in [0.3, 0.4) is 0 Å². The molecule has 0 aliphatic rings. The van der Waals surface area contributed by atoms with Gasteiger partial charge in [0.2, 0.25) is 0 Å². The predicted molar refractivity (Wildman–Crippen MR) is 73.1 cm³/mol. The first-order chi connectivity index (χ1) is 8.62. The van der Waals surface area contributed by atoms with Crippen molar-refractivity contribution in [3.63, 3.8) is 0 Å². The van der Waals surface area contributed by atoms with Crippen molar-refractivity contribution in [2.24, 2.45) is 0 Å². The molecule has 1 rings (SSSR count). The van der Waals surface area contributed by atoms with Gasteiger partial charge in [0.25, 0.3) is 0 Å². The zero-order valence-corrected chi connectivity index (χ0v) is 12.1. The molecule has 0 saturated carbocycles. The van der Waals surface area contributed by atoms with Gasteiger partial charge in [-0.1, -0.05) is 6.07 Å². The highest BCUT2D eigenvalue weighted by atomic mass is 79.9. The molecular formula is C13H15BrO4. The van der Waals surface area contributed by atoms with E-state index in [9.17, 15) is 4.79 Å². The van der Waals surface area contributed by atoms with Crippen LogP contribution in [0.25, 0.3) is 6.08 Å². The van der Waals surface area contributed by atoms with Gasteiger partial charge < -0.3 is 14.2 Å². The first-order valence-electron chi connectivity index (χ1n) is 5.38. The minimum absolute atomic E-state index is 0.341. The van der Waals surface area contributed by atoms with Crippen LogP contribution in [0.1, 0.15) is 12.5 Å². The average molecular weight is 315 g/mol. The maximum atomic E-state index is 11.4. The number of esters is 1. The summed E-state index contributed by atoms with van der Waals surface area (Å²) >= 11 is 3.18. The fraction of sp³-hybridized carbons (Fsp3) is 0.308. The second-order valence-corrected chi connectivity index (χ2v) is 4.18. The van der Waals surface area contributed by atoms with Crippen molar-refractivity contribution in [2.75, 3.05) is 20.8 Å². The molecule has 18 heavy (non-hydrogen) atoms. The smallest absolute Gasteiger partial charge is 0.345 e. The van der Waals surface area contributed by atoms with Gasteiger partial charge in [0, 0.05) is 0 Å². The van der Waals surface area contributed by atoms with Crippen LogP contribution in [-0.2, 0) is 9.53 Å². The van der Waals surface area contributed by atoms with Crippen molar-refractivity contribution in [3.8, 4) is 11.5 Å². The minimum Gasteiger partial charge on any atom is -0.493 e. The molecule has 4 nitrogen and oxygen atoms in total. The molecule has 98 valence electrons. The number of halogens is 1. The third kappa shape index (κ3) is 3.77. The summed E-state index contributed by atoms with van der Waals surface area (Å²) < 4.78 is 15.5. The molecule has 0 heterocycles. The van der Waals surface area contributed by atoms with Crippen molar-refractivity contribution < 1.29 is 19.0 Å². The number of methoxy groups -OCH3 is 2. The Hall–Kier alpha value is -1.49. The van der Waals surface area contributed by atoms with E-state index in [2.05, 4.69) is 15.9 Å². The molecule has 0 aromatic heterocycles. The number of hydrogen-bond donors (Lipinski definition) is 0. The number of benzene rings is 1. The van der Waals surface area contributed by atoms with Gasteiger partial charge in [0.05, 0.1) is 20.8 Å². The standard InChI is InChI=1S/C13H15BrO4/c1-4-18-13(15)10(14)7-9-5-6-11(16-2)12(8-9)17-3/h5-8H,4H2,1-3H3/b10-7-. The van der Waals surface area contributed by atoms with E-state index in [1.165, 1.54) is 0 Å². The zero-order chi connectivity index (χ0) is 13.5. The highest BCUT2D eigenvalue weighted by molar-refractivity contribution is 9.12. The van der Waals surface area contributed by atoms with Gasteiger partial charge in [0.1, 0.15) is 4.48 Å². The van der Waals surface area contributed by atoms with Crippen molar-refractivity contribution in [2.45, 2.75) is 6.92 Å². The van der Waals surface area contributed by atoms with E-state index in [1.807, 2.05) is 6.07 Å². The van der Waals surface area contributed by atoms with Crippen LogP contribution in [0, 0.1) is 0 Å². The lowest BCUT2D eigenvalue weighted by molar-refractivity contribution is -0.137. The van der Waals surface area contributed by atoms with Crippen molar-refractivity contribution in [3.05, 3.63) is 28.2 Å². The Morgan fingerprint density at radius 1 is 1.28 bits per heavy atom. The summed E-state index contributed by atoms with van der Waals surface area (Å²) in [4.78, 5) is 11.4. The number of carbonyl (C=O) groups is 1. The first-order valence-corrected chi connectivity index (χ1v) is 6.18. The molecule has 0 N–H and O–H groups in total. The second-order valence-electron chi connectivity index (χ2n) is 3.33. The fourth-order valence-corrected chi connectivity index (χ4v) is 1.73. The fourth-order valence-electron chi connectivity index (χ4n) is 1.35. The van der Waals surface area contributed by atoms with E-state index in [4.69, 9.17) is 14.2 Å². The zero-order valence-electron chi connectivity index (χ0n) is 10.5. The van der Waals surface area contributed by atoms with Crippen molar-refractivity contribution >= 4 is 28.0 Å². The SMILES string of the molecule is CCOC(=O)/C(Br)=C/c1ccc(OC)c(OC)c1. The van der Waals surface area contributed by atoms with E-state index in [-0.39, 0.29) is 0 Å². The molecule has 0 amide bonds. The minimum atomic E-state index is -0.396. The highest BCUT2D eigenvalue weighted by Crippen LogP contribution is 2.28. The van der Waals surface area contributed by atoms with Crippen molar-refractivity contribution in [1.29, 1.82) is 0 Å². The Morgan fingerprint density at radius 2 is 1.94 bits per heavy atom. The van der Waals surface area contributed by atoms with E-state index in [0.29, 0.717) is 22.6 Å². The van der Waals surface area contributed by atoms with Gasteiger partial charge in [-0.2, -0.15) is 0 Å². The Balaban J connectivity index is 2.97. The van der Waals surface area contributed by atoms with Crippen LogP contribution < -0.4 is 9.47 Å². The molecule has 1 aromatic rings. The maximum Gasteiger partial charge on any atom is 0.345 e. The number of ether oxygens (including phenoxy) is 3. The van der Waals surface area contributed by atoms with Crippen LogP contribution in [0.15, 0.2) is 22.7 Å². The molecule has 0 aliphatic heterocycles. The number of hydrogen-bond acceptors (Lipinski definition) is 4. The van der Waals surface area contributed by atoms with Crippen LogP contribution in [0.5, 0.6) is 11.5 Å². The molecular weight excluding hydrogens is 300 g/mol. The van der Waals surface area contributed by atoms with Gasteiger partial charge in [-0.3, -0.25) is 0 Å². The van der Waals surface area contributed by atoms with E-state index < -0.39 is 5.97 Å². The molecule has 0 atom stereocenters. The van der Waals surface area contributed by atoms with E-state index in [0.717, 1.165) is 5.56 Å². The Bertz CT molecular complexity index is 454. The third-order valence-corrected chi connectivity index (χ3v) is 2.72. The number of rotatable bonds is 5. The Kier molecular flexibility index (Phi) is 5.71. The lowest BCUT2D eigenvalue weighted by Crippen LogP contribution is -2.03. The van der Waals surface area contributed by atoms with Crippen LogP contribution >= 0.6 is 15.9 Å². The van der Waals surface area contributed by atoms with Crippen LogP contribution in [0.4, 0.5) is 0 Å². The lowest BCUT2D eigenvalue weighted by atomic mass is 10.2. The van der Waals surface area contributed by atoms with Gasteiger partial charge in [-0.05, 0) is 46.6 Å². The second kappa shape index (κ2) is 7.06. The summed E-state index contributed by atoms with van der Waals surface area (Å²) in [6.45, 7) is 2.10. The summed E-state index contributed by atoms with van der Waals surface area (Å²) in [5.41, 5.74) is 0.813. The van der Waals surface area contributed by atoms with Gasteiger partial charge in [-0.15, -0.1) is 0 Å². The average Bonchev–Trinajstić information content (AvgIpc) is 2.38. The summed E-state index contributed by atoms with van der Waals surface area (Å²) in [6, 6.07) is 5.37. The predicted octanol–water partition coefficient (Wildman–Crippen LogP) is 3.00. The molecule has 0 spiro atoms. The first kappa shape index (κ1) is 14.6. The van der Waals surface area contributed by atoms with E-state index >= 15 is 0 Å². The molecule has 0 bridgehead atoms. The largest absolute Gasteiger partial charge is 0.493 e. The maximum absolute atomic E-state index is 11.4. The monoisotopic (exact) mass is 314 g/mol. The normalized spacial score (nSPS) is 11.0. The van der Waals surface area contributed by atoms with Gasteiger partial charge in [0.15, 0.2) is 11.5 Å². The van der Waals surface area contributed by atoms with Crippen molar-refractivity contribution in [1.82, 2.24) is 0 Å². The highest BCUT2D eigenvalue weighted by Gasteiger charge is 2.08. The molecule has 1 aromatic carbocycles. The molecule has 0 radical (unpaired) electrons. The number of carbonyl (C=O) groups excluding carboxylic acids is 1. The third-order valence-electron chi connectivity index (χ3n) is 2.17. The topological polar surface area (TPSA) is 44.8 Å². The lowest BCUT2D eigenvalue weighted by Gasteiger charge is -2.08. The Morgan fingerprint density at radius 3 is 2.50 bits per heavy atom.